The van der Waals surface area contributed by atoms with Crippen LogP contribution < -0.4 is 4.74 Å². The first-order valence-electron chi connectivity index (χ1n) is 5.09. The highest BCUT2D eigenvalue weighted by molar-refractivity contribution is 5.64. The molecule has 1 aliphatic carbocycles. The fourth-order valence-corrected chi connectivity index (χ4v) is 1.78. The Morgan fingerprint density at radius 2 is 2.29 bits per heavy atom. The highest BCUT2D eigenvalue weighted by Crippen LogP contribution is 2.26. The van der Waals surface area contributed by atoms with Crippen LogP contribution in [0.3, 0.4) is 0 Å². The Kier molecular flexibility index (Phi) is 2.82. The van der Waals surface area contributed by atoms with E-state index in [0.717, 1.165) is 17.9 Å². The first-order chi connectivity index (χ1) is 6.90. The fourth-order valence-electron chi connectivity index (χ4n) is 1.78. The Balaban J connectivity index is 2.26. The molecule has 1 aliphatic rings. The van der Waals surface area contributed by atoms with Crippen molar-refractivity contribution in [2.45, 2.75) is 25.7 Å². The van der Waals surface area contributed by atoms with E-state index in [4.69, 9.17) is 4.74 Å². The molecule has 0 unspecified atom stereocenters. The molecule has 0 spiro atoms. The number of methoxy groups -OCH3 is 1. The number of hydrogen-bond acceptors (Lipinski definition) is 2. The van der Waals surface area contributed by atoms with Crippen LogP contribution in [0.2, 0.25) is 0 Å². The summed E-state index contributed by atoms with van der Waals surface area (Å²) in [5, 5.41) is 0. The Morgan fingerprint density at radius 3 is 3.00 bits per heavy atom. The van der Waals surface area contributed by atoms with Crippen LogP contribution in [0.15, 0.2) is 24.4 Å². The van der Waals surface area contributed by atoms with Gasteiger partial charge in [0.2, 0.25) is 0 Å². The van der Waals surface area contributed by atoms with Crippen molar-refractivity contribution in [2.75, 3.05) is 7.11 Å². The fraction of sp³-hybridized carbons (Fsp3) is 0.417. The van der Waals surface area contributed by atoms with Gasteiger partial charge in [0.05, 0.1) is 12.8 Å². The van der Waals surface area contributed by atoms with E-state index in [2.05, 4.69) is 11.1 Å². The van der Waals surface area contributed by atoms with E-state index in [0.29, 0.717) is 0 Å². The number of aromatic nitrogens is 1. The Morgan fingerprint density at radius 1 is 1.36 bits per heavy atom. The zero-order valence-electron chi connectivity index (χ0n) is 8.49. The lowest BCUT2D eigenvalue weighted by Crippen LogP contribution is -1.95. The first-order valence-corrected chi connectivity index (χ1v) is 5.09. The Hall–Kier alpha value is -1.31. The van der Waals surface area contributed by atoms with Gasteiger partial charge in [0.1, 0.15) is 5.75 Å². The van der Waals surface area contributed by atoms with Crippen molar-refractivity contribution in [3.8, 4) is 5.75 Å². The number of pyridine rings is 1. The summed E-state index contributed by atoms with van der Waals surface area (Å²) in [6, 6.07) is 3.89. The van der Waals surface area contributed by atoms with Crippen molar-refractivity contribution in [3.63, 3.8) is 0 Å². The molecular weight excluding hydrogens is 174 g/mol. The minimum Gasteiger partial charge on any atom is -0.497 e. The summed E-state index contributed by atoms with van der Waals surface area (Å²) in [5.74, 6) is 0.890. The lowest BCUT2D eigenvalue weighted by Gasteiger charge is -2.12. The third kappa shape index (κ3) is 1.95. The molecule has 0 fully saturated rings. The molecule has 0 amide bonds. The zero-order valence-corrected chi connectivity index (χ0v) is 8.49. The van der Waals surface area contributed by atoms with Crippen LogP contribution in [-0.4, -0.2) is 12.1 Å². The van der Waals surface area contributed by atoms with Gasteiger partial charge in [-0.3, -0.25) is 4.98 Å². The van der Waals surface area contributed by atoms with Gasteiger partial charge >= 0.3 is 0 Å². The summed E-state index contributed by atoms with van der Waals surface area (Å²) in [6.45, 7) is 0. The largest absolute Gasteiger partial charge is 0.497 e. The molecule has 14 heavy (non-hydrogen) atoms. The number of rotatable bonds is 2. The Bertz CT molecular complexity index is 344. The van der Waals surface area contributed by atoms with Crippen LogP contribution in [-0.2, 0) is 0 Å². The van der Waals surface area contributed by atoms with Gasteiger partial charge in [0.25, 0.3) is 0 Å². The van der Waals surface area contributed by atoms with Crippen molar-refractivity contribution < 1.29 is 4.74 Å². The van der Waals surface area contributed by atoms with Crippen LogP contribution in [0.5, 0.6) is 5.75 Å². The molecule has 0 atom stereocenters. The van der Waals surface area contributed by atoms with Crippen LogP contribution in [0, 0.1) is 0 Å². The second kappa shape index (κ2) is 4.27. The molecule has 0 aromatic carbocycles. The highest BCUT2D eigenvalue weighted by Gasteiger charge is 2.07. The lowest BCUT2D eigenvalue weighted by atomic mass is 9.97. The van der Waals surface area contributed by atoms with Crippen molar-refractivity contribution in [1.82, 2.24) is 4.98 Å². The molecule has 2 nitrogen and oxygen atoms in total. The van der Waals surface area contributed by atoms with E-state index in [1.165, 1.54) is 24.8 Å². The lowest BCUT2D eigenvalue weighted by molar-refractivity contribution is 0.414. The van der Waals surface area contributed by atoms with Crippen molar-refractivity contribution in [1.29, 1.82) is 0 Å². The van der Waals surface area contributed by atoms with Gasteiger partial charge in [0.15, 0.2) is 0 Å². The van der Waals surface area contributed by atoms with Gasteiger partial charge in [0, 0.05) is 12.3 Å². The van der Waals surface area contributed by atoms with Crippen LogP contribution in [0.1, 0.15) is 31.4 Å². The molecule has 1 heterocycles. The third-order valence-electron chi connectivity index (χ3n) is 2.59. The van der Waals surface area contributed by atoms with E-state index in [9.17, 15) is 0 Å². The molecule has 1 aromatic heterocycles. The molecule has 74 valence electrons. The molecular formula is C12H15NO. The van der Waals surface area contributed by atoms with Gasteiger partial charge in [-0.05, 0) is 37.3 Å². The molecule has 0 N–H and O–H groups in total. The predicted molar refractivity (Wildman–Crippen MR) is 57.2 cm³/mol. The number of hydrogen-bond donors (Lipinski definition) is 0. The van der Waals surface area contributed by atoms with Gasteiger partial charge in [-0.25, -0.2) is 0 Å². The predicted octanol–water partition coefficient (Wildman–Crippen LogP) is 3.05. The van der Waals surface area contributed by atoms with E-state index in [1.807, 2.05) is 18.3 Å². The molecule has 0 radical (unpaired) electrons. The summed E-state index contributed by atoms with van der Waals surface area (Å²) in [6.07, 6.45) is 9.04. The third-order valence-corrected chi connectivity index (χ3v) is 2.59. The molecule has 0 saturated carbocycles. The molecule has 0 bridgehead atoms. The molecule has 2 rings (SSSR count). The van der Waals surface area contributed by atoms with Crippen LogP contribution in [0.4, 0.5) is 0 Å². The summed E-state index contributed by atoms with van der Waals surface area (Å²) in [5.41, 5.74) is 2.44. The maximum atomic E-state index is 5.18. The number of ether oxygens (including phenoxy) is 1. The van der Waals surface area contributed by atoms with Gasteiger partial charge in [-0.1, -0.05) is 6.08 Å². The van der Waals surface area contributed by atoms with E-state index in [-0.39, 0.29) is 0 Å². The van der Waals surface area contributed by atoms with Crippen molar-refractivity contribution in [3.05, 3.63) is 30.1 Å². The van der Waals surface area contributed by atoms with Gasteiger partial charge < -0.3 is 4.74 Å². The average Bonchev–Trinajstić information content (AvgIpc) is 2.30. The maximum absolute atomic E-state index is 5.18. The first kappa shape index (κ1) is 9.25. The highest BCUT2D eigenvalue weighted by atomic mass is 16.5. The van der Waals surface area contributed by atoms with Crippen LogP contribution in [0.25, 0.3) is 5.57 Å². The van der Waals surface area contributed by atoms with Gasteiger partial charge in [-0.2, -0.15) is 0 Å². The molecule has 2 heteroatoms. The molecule has 0 saturated heterocycles. The molecule has 0 aliphatic heterocycles. The number of nitrogens with zero attached hydrogens (tertiary/aromatic N) is 1. The van der Waals surface area contributed by atoms with E-state index >= 15 is 0 Å². The quantitative estimate of drug-likeness (QED) is 0.713. The Labute approximate surface area is 84.6 Å². The second-order valence-corrected chi connectivity index (χ2v) is 3.56. The smallest absolute Gasteiger partial charge is 0.122 e. The summed E-state index contributed by atoms with van der Waals surface area (Å²) in [4.78, 5) is 4.36. The van der Waals surface area contributed by atoms with Crippen LogP contribution >= 0.6 is 0 Å². The standard InChI is InChI=1S/C12H15NO/c1-14-11-7-8-13-12(9-11)10-5-3-2-4-6-10/h5,7-9H,2-4,6H2,1H3. The normalized spacial score (nSPS) is 16.2. The number of allylic oxidation sites excluding steroid dienone is 2. The SMILES string of the molecule is COc1ccnc(C2=CCCCC2)c1. The zero-order chi connectivity index (χ0) is 9.80. The van der Waals surface area contributed by atoms with E-state index < -0.39 is 0 Å². The minimum atomic E-state index is 0.890. The molecule has 1 aromatic rings. The van der Waals surface area contributed by atoms with Crippen molar-refractivity contribution in [2.24, 2.45) is 0 Å². The summed E-state index contributed by atoms with van der Waals surface area (Å²) < 4.78 is 5.18. The summed E-state index contributed by atoms with van der Waals surface area (Å²) >= 11 is 0. The van der Waals surface area contributed by atoms with E-state index in [1.54, 1.807) is 7.11 Å². The monoisotopic (exact) mass is 189 g/mol. The van der Waals surface area contributed by atoms with Crippen molar-refractivity contribution >= 4 is 5.57 Å². The average molecular weight is 189 g/mol. The maximum Gasteiger partial charge on any atom is 0.122 e. The second-order valence-electron chi connectivity index (χ2n) is 3.56. The minimum absolute atomic E-state index is 0.890. The topological polar surface area (TPSA) is 22.1 Å². The summed E-state index contributed by atoms with van der Waals surface area (Å²) in [7, 11) is 1.69. The van der Waals surface area contributed by atoms with Gasteiger partial charge in [-0.15, -0.1) is 0 Å².